The molecule has 2 aromatic rings. The van der Waals surface area contributed by atoms with Gasteiger partial charge in [-0.25, -0.2) is 4.68 Å². The van der Waals surface area contributed by atoms with Crippen molar-refractivity contribution in [3.8, 4) is 5.69 Å². The maximum Gasteiger partial charge on any atom is 0.452 e. The number of nitrogens with zero attached hydrogens (tertiary/aromatic N) is 3. The average Bonchev–Trinajstić information content (AvgIpc) is 2.66. The van der Waals surface area contributed by atoms with E-state index < -0.39 is 12.0 Å². The van der Waals surface area contributed by atoms with Crippen LogP contribution in [0.25, 0.3) is 5.69 Å². The van der Waals surface area contributed by atoms with Gasteiger partial charge in [0.2, 0.25) is 10.6 Å². The van der Waals surface area contributed by atoms with E-state index in [-0.39, 0.29) is 16.2 Å². The van der Waals surface area contributed by atoms with Gasteiger partial charge in [-0.15, -0.1) is 5.10 Å². The molecule has 0 atom stereocenters. The Morgan fingerprint density at radius 1 is 1.35 bits per heavy atom. The predicted molar refractivity (Wildman–Crippen MR) is 68.4 cm³/mol. The van der Waals surface area contributed by atoms with Crippen molar-refractivity contribution in [1.82, 2.24) is 14.3 Å². The number of hydrogen-bond donors (Lipinski definition) is 0. The first-order valence-electron chi connectivity index (χ1n) is 5.56. The Balaban J connectivity index is 2.73. The molecule has 0 aliphatic rings. The van der Waals surface area contributed by atoms with Gasteiger partial charge in [-0.3, -0.25) is 9.36 Å². The van der Waals surface area contributed by atoms with Crippen molar-refractivity contribution in [1.29, 1.82) is 0 Å². The minimum absolute atomic E-state index is 0.0990. The van der Waals surface area contributed by atoms with Crippen LogP contribution in [0.4, 0.5) is 13.2 Å². The molecule has 0 saturated heterocycles. The number of benzene rings is 1. The Kier molecular flexibility index (Phi) is 3.51. The number of ketones is 1. The molecule has 0 bridgehead atoms. The van der Waals surface area contributed by atoms with Crippen LogP contribution in [0.15, 0.2) is 24.3 Å². The zero-order valence-electron chi connectivity index (χ0n) is 10.6. The van der Waals surface area contributed by atoms with E-state index in [0.717, 1.165) is 9.25 Å². The highest BCUT2D eigenvalue weighted by Gasteiger charge is 2.38. The standard InChI is InChI=1S/C12H10F3N3OS/c1-7(19)8-4-3-5-9(6-8)18-10(12(13,14)15)16-17(2)11(18)20/h3-6H,1-2H3. The first-order valence-corrected chi connectivity index (χ1v) is 5.97. The molecule has 0 aliphatic carbocycles. The zero-order valence-corrected chi connectivity index (χ0v) is 11.4. The van der Waals surface area contributed by atoms with Crippen LogP contribution in [0.3, 0.4) is 0 Å². The average molecular weight is 301 g/mol. The third kappa shape index (κ3) is 2.51. The number of rotatable bonds is 2. The highest BCUT2D eigenvalue weighted by Crippen LogP contribution is 2.30. The van der Waals surface area contributed by atoms with Gasteiger partial charge in [-0.1, -0.05) is 12.1 Å². The molecule has 0 N–H and O–H groups in total. The molecule has 1 aromatic carbocycles. The molecule has 2 rings (SSSR count). The van der Waals surface area contributed by atoms with Crippen LogP contribution >= 0.6 is 12.2 Å². The van der Waals surface area contributed by atoms with Crippen LogP contribution in [0.2, 0.25) is 0 Å². The lowest BCUT2D eigenvalue weighted by molar-refractivity contribution is -0.146. The van der Waals surface area contributed by atoms with Gasteiger partial charge in [-0.05, 0) is 31.3 Å². The topological polar surface area (TPSA) is 39.8 Å². The van der Waals surface area contributed by atoms with E-state index >= 15 is 0 Å². The molecule has 0 saturated carbocycles. The molecule has 0 amide bonds. The summed E-state index contributed by atoms with van der Waals surface area (Å²) < 4.78 is 40.6. The van der Waals surface area contributed by atoms with E-state index in [4.69, 9.17) is 12.2 Å². The molecule has 20 heavy (non-hydrogen) atoms. The number of aromatic nitrogens is 3. The Hall–Kier alpha value is -1.96. The Bertz CT molecular complexity index is 730. The fourth-order valence-corrected chi connectivity index (χ4v) is 1.98. The second-order valence-electron chi connectivity index (χ2n) is 4.17. The minimum atomic E-state index is -4.64. The fraction of sp³-hybridized carbons (Fsp3) is 0.250. The largest absolute Gasteiger partial charge is 0.452 e. The van der Waals surface area contributed by atoms with Crippen molar-refractivity contribution in [2.75, 3.05) is 0 Å². The first-order chi connectivity index (χ1) is 9.21. The SMILES string of the molecule is CC(=O)c1cccc(-n2c(C(F)(F)F)nn(C)c2=S)c1. The molecular weight excluding hydrogens is 291 g/mol. The zero-order chi connectivity index (χ0) is 15.1. The summed E-state index contributed by atoms with van der Waals surface area (Å²) in [6.07, 6.45) is -4.64. The van der Waals surface area contributed by atoms with E-state index in [1.54, 1.807) is 0 Å². The summed E-state index contributed by atoms with van der Waals surface area (Å²) in [7, 11) is 1.34. The lowest BCUT2D eigenvalue weighted by atomic mass is 10.1. The van der Waals surface area contributed by atoms with E-state index in [1.165, 1.54) is 38.2 Å². The van der Waals surface area contributed by atoms with Gasteiger partial charge >= 0.3 is 6.18 Å². The second kappa shape index (κ2) is 4.86. The molecule has 0 fully saturated rings. The number of hydrogen-bond acceptors (Lipinski definition) is 3. The molecule has 8 heteroatoms. The minimum Gasteiger partial charge on any atom is -0.295 e. The van der Waals surface area contributed by atoms with Gasteiger partial charge < -0.3 is 0 Å². The van der Waals surface area contributed by atoms with E-state index in [0.29, 0.717) is 5.56 Å². The van der Waals surface area contributed by atoms with Gasteiger partial charge in [-0.2, -0.15) is 13.2 Å². The van der Waals surface area contributed by atoms with Crippen LogP contribution in [0.1, 0.15) is 23.1 Å². The molecule has 106 valence electrons. The van der Waals surface area contributed by atoms with Crippen molar-refractivity contribution < 1.29 is 18.0 Å². The summed E-state index contributed by atoms with van der Waals surface area (Å²) in [6.45, 7) is 1.34. The predicted octanol–water partition coefficient (Wildman–Crippen LogP) is 3.16. The quantitative estimate of drug-likeness (QED) is 0.632. The van der Waals surface area contributed by atoms with Crippen LogP contribution in [0.5, 0.6) is 0 Å². The van der Waals surface area contributed by atoms with Gasteiger partial charge in [0, 0.05) is 12.6 Å². The first kappa shape index (κ1) is 14.4. The van der Waals surface area contributed by atoms with E-state index in [9.17, 15) is 18.0 Å². The van der Waals surface area contributed by atoms with Crippen molar-refractivity contribution in [3.63, 3.8) is 0 Å². The smallest absolute Gasteiger partial charge is 0.295 e. The van der Waals surface area contributed by atoms with Crippen LogP contribution < -0.4 is 0 Å². The fourth-order valence-electron chi connectivity index (χ4n) is 1.75. The van der Waals surface area contributed by atoms with Gasteiger partial charge in [0.1, 0.15) is 0 Å². The number of carbonyl (C=O) groups is 1. The molecular formula is C12H10F3N3OS. The van der Waals surface area contributed by atoms with Crippen molar-refractivity contribution in [3.05, 3.63) is 40.4 Å². The summed E-state index contributed by atoms with van der Waals surface area (Å²) in [6, 6.07) is 5.83. The third-order valence-electron chi connectivity index (χ3n) is 2.69. The lowest BCUT2D eigenvalue weighted by Crippen LogP contribution is -2.14. The van der Waals surface area contributed by atoms with E-state index in [1.807, 2.05) is 0 Å². The van der Waals surface area contributed by atoms with Crippen LogP contribution in [0, 0.1) is 4.77 Å². The maximum atomic E-state index is 13.0. The van der Waals surface area contributed by atoms with Gasteiger partial charge in [0.25, 0.3) is 0 Å². The van der Waals surface area contributed by atoms with Crippen molar-refractivity contribution >= 4 is 18.0 Å². The Morgan fingerprint density at radius 3 is 2.55 bits per heavy atom. The number of halogens is 3. The summed E-state index contributed by atoms with van der Waals surface area (Å²) in [4.78, 5) is 11.3. The molecule has 4 nitrogen and oxygen atoms in total. The molecule has 0 unspecified atom stereocenters. The van der Waals surface area contributed by atoms with Crippen LogP contribution in [-0.4, -0.2) is 20.1 Å². The number of aryl methyl sites for hydroxylation is 1. The van der Waals surface area contributed by atoms with Gasteiger partial charge in [0.15, 0.2) is 5.78 Å². The van der Waals surface area contributed by atoms with Gasteiger partial charge in [0.05, 0.1) is 5.69 Å². The lowest BCUT2D eigenvalue weighted by Gasteiger charge is -2.09. The summed E-state index contributed by atoms with van der Waals surface area (Å²) in [5.74, 6) is -1.36. The highest BCUT2D eigenvalue weighted by molar-refractivity contribution is 7.71. The monoisotopic (exact) mass is 301 g/mol. The van der Waals surface area contributed by atoms with Crippen molar-refractivity contribution in [2.24, 2.45) is 7.05 Å². The maximum absolute atomic E-state index is 13.0. The normalized spacial score (nSPS) is 11.7. The summed E-state index contributed by atoms with van der Waals surface area (Å²) in [5, 5.41) is 3.40. The molecule has 0 aliphatic heterocycles. The highest BCUT2D eigenvalue weighted by atomic mass is 32.1. The Labute approximate surface area is 117 Å². The molecule has 1 aromatic heterocycles. The number of Topliss-reactive ketones (excluding diaryl/α,β-unsaturated/α-hetero) is 1. The Morgan fingerprint density at radius 2 is 2.00 bits per heavy atom. The van der Waals surface area contributed by atoms with E-state index in [2.05, 4.69) is 5.10 Å². The summed E-state index contributed by atoms with van der Waals surface area (Å²) in [5.41, 5.74) is 0.463. The second-order valence-corrected chi connectivity index (χ2v) is 4.53. The molecule has 0 spiro atoms. The number of alkyl halides is 3. The third-order valence-corrected chi connectivity index (χ3v) is 3.14. The molecule has 0 radical (unpaired) electrons. The molecule has 1 heterocycles. The van der Waals surface area contributed by atoms with Crippen LogP contribution in [-0.2, 0) is 13.2 Å². The summed E-state index contributed by atoms with van der Waals surface area (Å²) >= 11 is 4.95. The number of carbonyl (C=O) groups excluding carboxylic acids is 1. The van der Waals surface area contributed by atoms with Crippen molar-refractivity contribution in [2.45, 2.75) is 13.1 Å².